The van der Waals surface area contributed by atoms with Gasteiger partial charge in [-0.3, -0.25) is 9.78 Å². The van der Waals surface area contributed by atoms with E-state index in [1.807, 2.05) is 0 Å². The number of methoxy groups -OCH3 is 1. The van der Waals surface area contributed by atoms with E-state index in [0.29, 0.717) is 51.0 Å². The molecule has 1 aliphatic carbocycles. The quantitative estimate of drug-likeness (QED) is 0.347. The Morgan fingerprint density at radius 3 is 2.63 bits per heavy atom. The summed E-state index contributed by atoms with van der Waals surface area (Å²) in [5.41, 5.74) is 1.53. The summed E-state index contributed by atoms with van der Waals surface area (Å²) in [6.45, 7) is 3.55. The maximum atomic E-state index is 13.1. The third kappa shape index (κ3) is 6.46. The Morgan fingerprint density at radius 1 is 1.08 bits per heavy atom. The molecule has 3 aromatic rings. The molecule has 1 saturated carbocycles. The van der Waals surface area contributed by atoms with Crippen molar-refractivity contribution in [1.29, 1.82) is 0 Å². The van der Waals surface area contributed by atoms with Gasteiger partial charge >= 0.3 is 6.03 Å². The largest absolute Gasteiger partial charge is 0.496 e. The minimum Gasteiger partial charge on any atom is -0.496 e. The van der Waals surface area contributed by atoms with E-state index in [9.17, 15) is 9.59 Å². The standard InChI is InChI=1S/C28H32ClN5O4/c1-37-26-17-24-20(16-21(26)27(35)31-11-14-34-12-3-2-4-13-34)25(9-10-30-24)38-19-7-8-23(22(29)15-19)33-28(36)32-18-5-6-18/h7-10,15-18H,2-6,11-14H2,1H3,(H,31,35)(H2,32,33,36). The van der Waals surface area contributed by atoms with Gasteiger partial charge in [-0.2, -0.15) is 0 Å². The van der Waals surface area contributed by atoms with Crippen molar-refractivity contribution in [2.24, 2.45) is 0 Å². The summed E-state index contributed by atoms with van der Waals surface area (Å²) in [4.78, 5) is 32.0. The summed E-state index contributed by atoms with van der Waals surface area (Å²) in [5, 5.41) is 9.66. The second-order valence-corrected chi connectivity index (χ2v) is 10.1. The monoisotopic (exact) mass is 537 g/mol. The van der Waals surface area contributed by atoms with E-state index in [-0.39, 0.29) is 18.0 Å². The molecule has 1 aliphatic heterocycles. The molecule has 9 nitrogen and oxygen atoms in total. The Hall–Kier alpha value is -3.56. The van der Waals surface area contributed by atoms with Gasteiger partial charge in [-0.05, 0) is 63.0 Å². The van der Waals surface area contributed by atoms with Crippen molar-refractivity contribution in [3.63, 3.8) is 0 Å². The van der Waals surface area contributed by atoms with Gasteiger partial charge in [-0.1, -0.05) is 18.0 Å². The summed E-state index contributed by atoms with van der Waals surface area (Å²) >= 11 is 6.41. The predicted octanol–water partition coefficient (Wildman–Crippen LogP) is 5.19. The zero-order valence-corrected chi connectivity index (χ0v) is 22.1. The summed E-state index contributed by atoms with van der Waals surface area (Å²) in [6.07, 6.45) is 7.34. The number of halogens is 1. The third-order valence-corrected chi connectivity index (χ3v) is 7.07. The zero-order chi connectivity index (χ0) is 26.5. The van der Waals surface area contributed by atoms with E-state index in [1.165, 1.54) is 26.4 Å². The van der Waals surface area contributed by atoms with Gasteiger partial charge in [0.25, 0.3) is 5.91 Å². The lowest BCUT2D eigenvalue weighted by Crippen LogP contribution is -2.37. The highest BCUT2D eigenvalue weighted by Gasteiger charge is 2.23. The molecule has 1 saturated heterocycles. The van der Waals surface area contributed by atoms with Crippen molar-refractivity contribution in [3.05, 3.63) is 53.2 Å². The number of amides is 3. The SMILES string of the molecule is COc1cc2nccc(Oc3ccc(NC(=O)NC4CC4)c(Cl)c3)c2cc1C(=O)NCCN1CCCCC1. The molecule has 2 fully saturated rings. The Morgan fingerprint density at radius 2 is 1.89 bits per heavy atom. The molecule has 3 N–H and O–H groups in total. The number of urea groups is 1. The van der Waals surface area contributed by atoms with Crippen molar-refractivity contribution in [2.75, 3.05) is 38.6 Å². The number of hydrogen-bond acceptors (Lipinski definition) is 6. The van der Waals surface area contributed by atoms with Gasteiger partial charge in [0.05, 0.1) is 28.9 Å². The number of benzene rings is 2. The van der Waals surface area contributed by atoms with E-state index >= 15 is 0 Å². The maximum Gasteiger partial charge on any atom is 0.319 e. The van der Waals surface area contributed by atoms with Gasteiger partial charge in [-0.25, -0.2) is 4.79 Å². The highest BCUT2D eigenvalue weighted by Crippen LogP contribution is 2.35. The molecule has 3 amide bonds. The summed E-state index contributed by atoms with van der Waals surface area (Å²) in [5.74, 6) is 1.24. The molecule has 0 bridgehead atoms. The lowest BCUT2D eigenvalue weighted by molar-refractivity contribution is 0.0943. The number of carbonyl (C=O) groups excluding carboxylic acids is 2. The van der Waals surface area contributed by atoms with Crippen LogP contribution in [0.4, 0.5) is 10.5 Å². The number of aromatic nitrogens is 1. The fourth-order valence-corrected chi connectivity index (χ4v) is 4.77. The van der Waals surface area contributed by atoms with Crippen molar-refractivity contribution >= 4 is 40.1 Å². The van der Waals surface area contributed by atoms with E-state index in [1.54, 1.807) is 42.6 Å². The molecule has 200 valence electrons. The van der Waals surface area contributed by atoms with Crippen LogP contribution in [0.5, 0.6) is 17.2 Å². The Balaban J connectivity index is 1.31. The Bertz CT molecular complexity index is 1320. The number of carbonyl (C=O) groups is 2. The second-order valence-electron chi connectivity index (χ2n) is 9.65. The van der Waals surface area contributed by atoms with Crippen LogP contribution >= 0.6 is 11.6 Å². The van der Waals surface area contributed by atoms with E-state index < -0.39 is 0 Å². The first-order valence-corrected chi connectivity index (χ1v) is 13.4. The van der Waals surface area contributed by atoms with Crippen LogP contribution in [0.15, 0.2) is 42.6 Å². The number of rotatable bonds is 9. The van der Waals surface area contributed by atoms with Crippen LogP contribution < -0.4 is 25.4 Å². The molecule has 2 heterocycles. The number of ether oxygens (including phenoxy) is 2. The van der Waals surface area contributed by atoms with Gasteiger partial charge in [0, 0.05) is 42.8 Å². The molecule has 2 aromatic carbocycles. The van der Waals surface area contributed by atoms with Gasteiger partial charge in [0.15, 0.2) is 0 Å². The molecular formula is C28H32ClN5O4. The van der Waals surface area contributed by atoms with Gasteiger partial charge in [-0.15, -0.1) is 0 Å². The summed E-state index contributed by atoms with van der Waals surface area (Å²) < 4.78 is 11.7. The number of anilines is 1. The lowest BCUT2D eigenvalue weighted by atomic mass is 10.1. The molecule has 1 aromatic heterocycles. The topological polar surface area (TPSA) is 105 Å². The van der Waals surface area contributed by atoms with Crippen LogP contribution in [-0.2, 0) is 0 Å². The molecule has 10 heteroatoms. The first-order valence-electron chi connectivity index (χ1n) is 13.0. The fourth-order valence-electron chi connectivity index (χ4n) is 4.55. The Labute approximate surface area is 226 Å². The number of hydrogen-bond donors (Lipinski definition) is 3. The van der Waals surface area contributed by atoms with Crippen LogP contribution in [0.1, 0.15) is 42.5 Å². The van der Waals surface area contributed by atoms with Crippen molar-refractivity contribution in [2.45, 2.75) is 38.1 Å². The minimum absolute atomic E-state index is 0.210. The van der Waals surface area contributed by atoms with Gasteiger partial charge < -0.3 is 30.3 Å². The number of piperidine rings is 1. The summed E-state index contributed by atoms with van der Waals surface area (Å²) in [6, 6.07) is 10.2. The van der Waals surface area contributed by atoms with E-state index in [0.717, 1.165) is 32.5 Å². The molecule has 0 unspecified atom stereocenters. The van der Waals surface area contributed by atoms with Crippen LogP contribution in [0.25, 0.3) is 10.9 Å². The predicted molar refractivity (Wildman–Crippen MR) is 148 cm³/mol. The molecule has 5 rings (SSSR count). The lowest BCUT2D eigenvalue weighted by Gasteiger charge is -2.26. The molecule has 0 atom stereocenters. The molecule has 2 aliphatic rings. The smallest absolute Gasteiger partial charge is 0.319 e. The first kappa shape index (κ1) is 26.1. The van der Waals surface area contributed by atoms with Crippen molar-refractivity contribution in [1.82, 2.24) is 20.5 Å². The average molecular weight is 538 g/mol. The molecular weight excluding hydrogens is 506 g/mol. The average Bonchev–Trinajstić information content (AvgIpc) is 3.74. The molecule has 0 radical (unpaired) electrons. The summed E-state index contributed by atoms with van der Waals surface area (Å²) in [7, 11) is 1.54. The normalized spacial score (nSPS) is 15.6. The van der Waals surface area contributed by atoms with Gasteiger partial charge in [0.2, 0.25) is 0 Å². The van der Waals surface area contributed by atoms with Gasteiger partial charge in [0.1, 0.15) is 17.2 Å². The van der Waals surface area contributed by atoms with E-state index in [2.05, 4.69) is 25.8 Å². The van der Waals surface area contributed by atoms with Crippen LogP contribution in [-0.4, -0.2) is 61.2 Å². The minimum atomic E-state index is -0.279. The van der Waals surface area contributed by atoms with Crippen LogP contribution in [0.2, 0.25) is 5.02 Å². The highest BCUT2D eigenvalue weighted by atomic mass is 35.5. The number of nitrogens with one attached hydrogen (secondary N) is 3. The first-order chi connectivity index (χ1) is 18.5. The maximum absolute atomic E-state index is 13.1. The number of fused-ring (bicyclic) bond motifs is 1. The Kier molecular flexibility index (Phi) is 8.14. The van der Waals surface area contributed by atoms with Crippen LogP contribution in [0.3, 0.4) is 0 Å². The van der Waals surface area contributed by atoms with E-state index in [4.69, 9.17) is 21.1 Å². The van der Waals surface area contributed by atoms with Crippen molar-refractivity contribution in [3.8, 4) is 17.2 Å². The third-order valence-electron chi connectivity index (χ3n) is 6.76. The number of likely N-dealkylation sites (tertiary alicyclic amines) is 1. The highest BCUT2D eigenvalue weighted by molar-refractivity contribution is 6.33. The zero-order valence-electron chi connectivity index (χ0n) is 21.4. The number of nitrogens with zero attached hydrogens (tertiary/aromatic N) is 2. The molecule has 38 heavy (non-hydrogen) atoms. The number of pyridine rings is 1. The van der Waals surface area contributed by atoms with Crippen LogP contribution in [0, 0.1) is 0 Å². The second kappa shape index (κ2) is 11.9. The van der Waals surface area contributed by atoms with Crippen molar-refractivity contribution < 1.29 is 19.1 Å². The molecule has 0 spiro atoms. The fraction of sp³-hybridized carbons (Fsp3) is 0.393.